The number of hydrogen-bond acceptors (Lipinski definition) is 6. The van der Waals surface area contributed by atoms with Gasteiger partial charge in [-0.15, -0.1) is 0 Å². The molecule has 1 aliphatic rings. The van der Waals surface area contributed by atoms with Crippen molar-refractivity contribution < 1.29 is 33.6 Å². The Balaban J connectivity index is 1.31. The molecule has 2 amide bonds. The van der Waals surface area contributed by atoms with Gasteiger partial charge in [0.2, 0.25) is 0 Å². The largest absolute Gasteiger partial charge is 0.481 e. The number of aryl methyl sites for hydroxylation is 2. The second-order valence-corrected chi connectivity index (χ2v) is 16.8. The highest BCUT2D eigenvalue weighted by molar-refractivity contribution is 8.00. The van der Waals surface area contributed by atoms with Crippen LogP contribution in [0.1, 0.15) is 88.7 Å². The number of nitrogens with one attached hydrogen (secondary N) is 2. The van der Waals surface area contributed by atoms with E-state index in [0.29, 0.717) is 54.1 Å². The van der Waals surface area contributed by atoms with Gasteiger partial charge in [-0.2, -0.15) is 0 Å². The van der Waals surface area contributed by atoms with Gasteiger partial charge in [-0.05, 0) is 134 Å². The minimum Gasteiger partial charge on any atom is -0.481 e. The van der Waals surface area contributed by atoms with E-state index in [9.17, 15) is 28.5 Å². The fourth-order valence-corrected chi connectivity index (χ4v) is 9.81. The van der Waals surface area contributed by atoms with Crippen molar-refractivity contribution in [3.8, 4) is 0 Å². The number of rotatable bonds is 16. The normalized spacial score (nSPS) is 15.9. The van der Waals surface area contributed by atoms with Crippen LogP contribution in [-0.4, -0.2) is 74.4 Å². The Bertz CT molecular complexity index is 2040. The number of hydrogen-bond donors (Lipinski definition) is 5. The van der Waals surface area contributed by atoms with Crippen LogP contribution in [0.4, 0.5) is 17.1 Å². The van der Waals surface area contributed by atoms with Gasteiger partial charge in [-0.3, -0.25) is 18.6 Å². The summed E-state index contributed by atoms with van der Waals surface area (Å²) >= 11 is 0. The average molecular weight is 769 g/mol. The van der Waals surface area contributed by atoms with Crippen molar-refractivity contribution in [3.63, 3.8) is 0 Å². The molecule has 292 valence electrons. The molecule has 0 saturated heterocycles. The van der Waals surface area contributed by atoms with Crippen LogP contribution in [0.25, 0.3) is 0 Å². The fraction of sp³-hybridized carbons (Fsp3) is 0.349. The van der Waals surface area contributed by atoms with Gasteiger partial charge in [0.1, 0.15) is 0 Å². The predicted molar refractivity (Wildman–Crippen MR) is 219 cm³/mol. The van der Waals surface area contributed by atoms with E-state index in [4.69, 9.17) is 5.11 Å². The molecule has 11 nitrogen and oxygen atoms in total. The summed E-state index contributed by atoms with van der Waals surface area (Å²) in [6.45, 7) is 8.00. The first-order valence-electron chi connectivity index (χ1n) is 18.9. The van der Waals surface area contributed by atoms with E-state index in [-0.39, 0.29) is 23.1 Å². The lowest BCUT2D eigenvalue weighted by Crippen LogP contribution is -2.46. The van der Waals surface area contributed by atoms with Crippen LogP contribution in [0.15, 0.2) is 95.9 Å². The molecule has 1 fully saturated rings. The Morgan fingerprint density at radius 3 is 1.89 bits per heavy atom. The number of aliphatic carboxylic acids is 1. The Kier molecular flexibility index (Phi) is 13.6. The standard InChI is InChI=1S/C43H52N4O7S/c1-5-46(6-2)36-25-26-39(38(28-36)41(49)44-34-21-15-30(16-22-34)12-11-29-13-17-31(18-14-29)42(50)51)45-40(48)33-9-8-10-37(27-33)55(4,54)47(7-3)35-23-19-32(20-24-35)43(52)53/h8-10,13-18,21-22,25-28,32,35,55H,5-7,11-12,19-20,23-24H2,1-4H3,(H,44,49)(H,45,48)(H,50,51)(H,52,53). The molecule has 0 aromatic heterocycles. The minimum atomic E-state index is -3.12. The zero-order chi connectivity index (χ0) is 39.7. The highest BCUT2D eigenvalue weighted by Gasteiger charge is 2.33. The monoisotopic (exact) mass is 768 g/mol. The molecule has 4 N–H and O–H groups in total. The van der Waals surface area contributed by atoms with E-state index >= 15 is 0 Å². The molecule has 1 saturated carbocycles. The lowest BCUT2D eigenvalue weighted by Gasteiger charge is -2.41. The van der Waals surface area contributed by atoms with Gasteiger partial charge in [0.25, 0.3) is 11.8 Å². The molecule has 0 aliphatic heterocycles. The Morgan fingerprint density at radius 1 is 0.709 bits per heavy atom. The predicted octanol–water partition coefficient (Wildman–Crippen LogP) is 7.41. The van der Waals surface area contributed by atoms with Crippen LogP contribution in [-0.2, 0) is 27.8 Å². The maximum atomic E-state index is 14.4. The SMILES string of the molecule is CCN(CC)c1ccc(NC(=O)c2cccc([SH](C)(=O)N(CC)C3CCC(C(=O)O)CC3)c2)c(C(=O)Nc2ccc(CCc3ccc(C(=O)O)cc3)cc2)c1. The number of thiol groups is 1. The van der Waals surface area contributed by atoms with E-state index in [1.54, 1.807) is 54.8 Å². The van der Waals surface area contributed by atoms with Crippen LogP contribution >= 0.6 is 0 Å². The van der Waals surface area contributed by atoms with Crippen LogP contribution in [0.5, 0.6) is 0 Å². The fourth-order valence-electron chi connectivity index (χ4n) is 7.38. The van der Waals surface area contributed by atoms with Crippen LogP contribution in [0, 0.1) is 5.92 Å². The van der Waals surface area contributed by atoms with Crippen molar-refractivity contribution in [2.75, 3.05) is 41.4 Å². The van der Waals surface area contributed by atoms with E-state index < -0.39 is 33.9 Å². The van der Waals surface area contributed by atoms with E-state index in [0.717, 1.165) is 42.7 Å². The highest BCUT2D eigenvalue weighted by Crippen LogP contribution is 2.34. The third kappa shape index (κ3) is 10.1. The Morgan fingerprint density at radius 2 is 1.33 bits per heavy atom. The van der Waals surface area contributed by atoms with Crippen molar-refractivity contribution in [1.82, 2.24) is 4.31 Å². The number of benzene rings is 4. The molecule has 0 atom stereocenters. The maximum Gasteiger partial charge on any atom is 0.335 e. The summed E-state index contributed by atoms with van der Waals surface area (Å²) in [4.78, 5) is 53.0. The lowest BCUT2D eigenvalue weighted by atomic mass is 9.86. The number of amides is 2. The average Bonchev–Trinajstić information content (AvgIpc) is 3.19. The number of anilines is 3. The molecule has 55 heavy (non-hydrogen) atoms. The molecule has 0 heterocycles. The Labute approximate surface area is 324 Å². The smallest absolute Gasteiger partial charge is 0.335 e. The second kappa shape index (κ2) is 18.3. The summed E-state index contributed by atoms with van der Waals surface area (Å²) in [7, 11) is -3.12. The summed E-state index contributed by atoms with van der Waals surface area (Å²) < 4.78 is 16.4. The minimum absolute atomic E-state index is 0.0134. The Hall–Kier alpha value is -5.33. The zero-order valence-corrected chi connectivity index (χ0v) is 32.9. The molecular weight excluding hydrogens is 717 g/mol. The molecule has 0 bridgehead atoms. The van der Waals surface area contributed by atoms with Gasteiger partial charge in [0.05, 0.1) is 22.7 Å². The maximum absolute atomic E-state index is 14.4. The van der Waals surface area contributed by atoms with Crippen molar-refractivity contribution in [2.45, 2.75) is 70.2 Å². The van der Waals surface area contributed by atoms with Gasteiger partial charge in [0, 0.05) is 53.8 Å². The van der Waals surface area contributed by atoms with Crippen molar-refractivity contribution >= 4 is 50.9 Å². The first-order chi connectivity index (χ1) is 26.3. The van der Waals surface area contributed by atoms with Crippen molar-refractivity contribution in [1.29, 1.82) is 0 Å². The van der Waals surface area contributed by atoms with Crippen molar-refractivity contribution in [2.24, 2.45) is 5.92 Å². The molecule has 5 rings (SSSR count). The second-order valence-electron chi connectivity index (χ2n) is 14.0. The van der Waals surface area contributed by atoms with Gasteiger partial charge in [-0.25, -0.2) is 9.10 Å². The first-order valence-corrected chi connectivity index (χ1v) is 21.1. The molecule has 1 aliphatic carbocycles. The van der Waals surface area contributed by atoms with Gasteiger partial charge in [0.15, 0.2) is 0 Å². The summed E-state index contributed by atoms with van der Waals surface area (Å²) in [6, 6.07) is 26.5. The number of carboxylic acid groups (broad SMARTS) is 2. The van der Waals surface area contributed by atoms with Crippen LogP contribution in [0.2, 0.25) is 0 Å². The summed E-state index contributed by atoms with van der Waals surface area (Å²) in [5.41, 5.74) is 4.69. The zero-order valence-electron chi connectivity index (χ0n) is 32.0. The summed E-state index contributed by atoms with van der Waals surface area (Å²) in [5, 5.41) is 24.5. The number of aromatic carboxylic acids is 1. The molecule has 0 unspecified atom stereocenters. The van der Waals surface area contributed by atoms with Crippen LogP contribution < -0.4 is 15.5 Å². The number of carbonyl (C=O) groups excluding carboxylic acids is 2. The molecule has 12 heteroatoms. The summed E-state index contributed by atoms with van der Waals surface area (Å²) in [6.07, 6.45) is 5.56. The van der Waals surface area contributed by atoms with Crippen LogP contribution in [0.3, 0.4) is 0 Å². The van der Waals surface area contributed by atoms with E-state index in [1.807, 2.05) is 67.5 Å². The van der Waals surface area contributed by atoms with Gasteiger partial charge < -0.3 is 25.7 Å². The topological polar surface area (TPSA) is 156 Å². The van der Waals surface area contributed by atoms with Gasteiger partial charge >= 0.3 is 11.9 Å². The number of carboxylic acids is 2. The lowest BCUT2D eigenvalue weighted by molar-refractivity contribution is -0.143. The van der Waals surface area contributed by atoms with E-state index in [1.165, 1.54) is 0 Å². The molecule has 4 aromatic rings. The molecule has 0 radical (unpaired) electrons. The molecule has 0 spiro atoms. The number of nitrogens with zero attached hydrogens (tertiary/aromatic N) is 2. The first kappa shape index (κ1) is 40.8. The van der Waals surface area contributed by atoms with E-state index in [2.05, 4.69) is 15.5 Å². The third-order valence-corrected chi connectivity index (χ3v) is 13.4. The molecular formula is C43H52N4O7S. The van der Waals surface area contributed by atoms with Gasteiger partial charge in [-0.1, -0.05) is 37.3 Å². The third-order valence-electron chi connectivity index (χ3n) is 10.6. The summed E-state index contributed by atoms with van der Waals surface area (Å²) in [5.74, 6) is -2.95. The van der Waals surface area contributed by atoms with Crippen molar-refractivity contribution in [3.05, 3.63) is 119 Å². The highest BCUT2D eigenvalue weighted by atomic mass is 32.3. The number of carbonyl (C=O) groups is 4. The quantitative estimate of drug-likeness (QED) is 0.0739. The molecule has 4 aromatic carbocycles.